The number of carbonyl (C=O) groups excluding carboxylic acids is 2. The third-order valence-corrected chi connectivity index (χ3v) is 6.78. The van der Waals surface area contributed by atoms with Gasteiger partial charge >= 0.3 is 6.09 Å². The van der Waals surface area contributed by atoms with Gasteiger partial charge in [0.15, 0.2) is 5.82 Å². The summed E-state index contributed by atoms with van der Waals surface area (Å²) in [5.41, 5.74) is 5.89. The lowest BCUT2D eigenvalue weighted by Gasteiger charge is -2.43. The molecule has 3 heterocycles. The van der Waals surface area contributed by atoms with Gasteiger partial charge in [0.05, 0.1) is 25.3 Å². The number of ether oxygens (including phenoxy) is 1. The number of nitrogens with zero attached hydrogens (tertiary/aromatic N) is 5. The number of nitriles is 1. The molecule has 1 fully saturated rings. The van der Waals surface area contributed by atoms with Crippen LogP contribution in [-0.2, 0) is 16.8 Å². The van der Waals surface area contributed by atoms with Crippen LogP contribution < -0.4 is 11.1 Å². The molecule has 0 aromatic carbocycles. The van der Waals surface area contributed by atoms with Crippen molar-refractivity contribution in [2.45, 2.75) is 50.4 Å². The maximum atomic E-state index is 15.8. The molecule has 2 amide bonds. The standard InChI is InChI=1S/C24H27F2N7O3/c1-36-23(35)30-22-17(21(28)34)13-33(31-22)24(8-10-27)9-11-32(14-19(24)25)12-16-6-7-18(29-20(16)26)15-4-2-3-5-15/h4,6-7,13,19H,2-3,5,8-9,11-12,14H2,1H3,(H2,28,34)(H,30,31,35). The summed E-state index contributed by atoms with van der Waals surface area (Å²) >= 11 is 0. The van der Waals surface area contributed by atoms with Crippen molar-refractivity contribution in [3.05, 3.63) is 47.2 Å². The first-order valence-corrected chi connectivity index (χ1v) is 11.6. The molecule has 0 saturated carbocycles. The number of hydrogen-bond acceptors (Lipinski definition) is 7. The number of nitrogens with one attached hydrogen (secondary N) is 1. The first-order chi connectivity index (χ1) is 17.3. The number of halogens is 2. The number of alkyl halides is 1. The van der Waals surface area contributed by atoms with Crippen LogP contribution in [0, 0.1) is 17.3 Å². The van der Waals surface area contributed by atoms with E-state index in [-0.39, 0.29) is 37.3 Å². The molecule has 2 atom stereocenters. The highest BCUT2D eigenvalue weighted by Gasteiger charge is 2.47. The van der Waals surface area contributed by atoms with Crippen LogP contribution in [0.1, 0.15) is 53.7 Å². The molecule has 0 spiro atoms. The van der Waals surface area contributed by atoms with E-state index in [0.717, 1.165) is 31.9 Å². The fraction of sp³-hybridized carbons (Fsp3) is 0.458. The monoisotopic (exact) mass is 499 g/mol. The van der Waals surface area contributed by atoms with Crippen LogP contribution in [0.5, 0.6) is 0 Å². The van der Waals surface area contributed by atoms with E-state index >= 15 is 4.39 Å². The molecular weight excluding hydrogens is 472 g/mol. The number of piperidine rings is 1. The molecule has 2 aliphatic rings. The van der Waals surface area contributed by atoms with E-state index in [1.54, 1.807) is 17.0 Å². The highest BCUT2D eigenvalue weighted by molar-refractivity contribution is 6.00. The topological polar surface area (TPSA) is 139 Å². The van der Waals surface area contributed by atoms with E-state index in [4.69, 9.17) is 5.73 Å². The van der Waals surface area contributed by atoms with E-state index in [1.165, 1.54) is 10.9 Å². The van der Waals surface area contributed by atoms with Gasteiger partial charge in [0, 0.05) is 31.4 Å². The van der Waals surface area contributed by atoms with Gasteiger partial charge in [-0.25, -0.2) is 14.2 Å². The number of nitrogens with two attached hydrogens (primary N) is 1. The first kappa shape index (κ1) is 25.2. The predicted octanol–water partition coefficient (Wildman–Crippen LogP) is 3.11. The van der Waals surface area contributed by atoms with Crippen molar-refractivity contribution in [1.82, 2.24) is 19.7 Å². The minimum atomic E-state index is -1.59. The molecule has 2 aromatic rings. The summed E-state index contributed by atoms with van der Waals surface area (Å²) in [5, 5.41) is 15.9. The van der Waals surface area contributed by atoms with E-state index < -0.39 is 29.7 Å². The second kappa shape index (κ2) is 10.4. The molecule has 0 bridgehead atoms. The van der Waals surface area contributed by atoms with Crippen LogP contribution in [0.25, 0.3) is 5.57 Å². The maximum Gasteiger partial charge on any atom is 0.412 e. The fourth-order valence-electron chi connectivity index (χ4n) is 4.74. The lowest BCUT2D eigenvalue weighted by atomic mass is 9.83. The lowest BCUT2D eigenvalue weighted by Crippen LogP contribution is -2.54. The third kappa shape index (κ3) is 4.92. The van der Waals surface area contributed by atoms with Crippen LogP contribution in [0.2, 0.25) is 0 Å². The van der Waals surface area contributed by atoms with Gasteiger partial charge < -0.3 is 10.5 Å². The van der Waals surface area contributed by atoms with Crippen molar-refractivity contribution >= 4 is 23.4 Å². The number of amides is 2. The largest absolute Gasteiger partial charge is 0.453 e. The Hall–Kier alpha value is -3.85. The van der Waals surface area contributed by atoms with E-state index in [0.29, 0.717) is 17.8 Å². The summed E-state index contributed by atoms with van der Waals surface area (Å²) < 4.78 is 36.2. The molecule has 4 rings (SSSR count). The van der Waals surface area contributed by atoms with Gasteiger partial charge in [0.25, 0.3) is 5.91 Å². The van der Waals surface area contributed by atoms with Gasteiger partial charge in [-0.15, -0.1) is 0 Å². The molecule has 1 aliphatic heterocycles. The van der Waals surface area contributed by atoms with Crippen LogP contribution in [0.3, 0.4) is 0 Å². The smallest absolute Gasteiger partial charge is 0.412 e. The van der Waals surface area contributed by atoms with Crippen molar-refractivity contribution < 1.29 is 23.1 Å². The number of hydrogen-bond donors (Lipinski definition) is 2. The second-order valence-electron chi connectivity index (χ2n) is 8.98. The summed E-state index contributed by atoms with van der Waals surface area (Å²) in [6.45, 7) is 0.390. The SMILES string of the molecule is COC(=O)Nc1nn(C2(CC#N)CCN(Cc3ccc(C4=CCCC4)nc3F)CC2F)cc1C(N)=O. The zero-order valence-corrected chi connectivity index (χ0v) is 19.8. The first-order valence-electron chi connectivity index (χ1n) is 11.6. The number of allylic oxidation sites excluding steroid dienone is 2. The number of pyridine rings is 1. The summed E-state index contributed by atoms with van der Waals surface area (Å²) in [7, 11) is 1.14. The molecule has 36 heavy (non-hydrogen) atoms. The van der Waals surface area contributed by atoms with Crippen LogP contribution >= 0.6 is 0 Å². The van der Waals surface area contributed by atoms with Crippen LogP contribution in [0.15, 0.2) is 24.4 Å². The molecule has 2 aromatic heterocycles. The number of primary amides is 1. The van der Waals surface area contributed by atoms with E-state index in [9.17, 15) is 19.2 Å². The molecule has 1 aliphatic carbocycles. The number of methoxy groups -OCH3 is 1. The number of anilines is 1. The Morgan fingerprint density at radius 3 is 2.83 bits per heavy atom. The number of carbonyl (C=O) groups is 2. The molecule has 3 N–H and O–H groups in total. The minimum Gasteiger partial charge on any atom is -0.453 e. The number of rotatable bonds is 7. The van der Waals surface area contributed by atoms with Crippen molar-refractivity contribution in [3.8, 4) is 6.07 Å². The molecule has 12 heteroatoms. The lowest BCUT2D eigenvalue weighted by molar-refractivity contribution is 0.00652. The highest BCUT2D eigenvalue weighted by atomic mass is 19.1. The van der Waals surface area contributed by atoms with Gasteiger partial charge in [-0.05, 0) is 37.3 Å². The van der Waals surface area contributed by atoms with Crippen molar-refractivity contribution in [1.29, 1.82) is 5.26 Å². The Bertz CT molecular complexity index is 1240. The number of aromatic nitrogens is 3. The van der Waals surface area contributed by atoms with Gasteiger partial charge in [-0.2, -0.15) is 14.8 Å². The van der Waals surface area contributed by atoms with E-state index in [2.05, 4.69) is 26.2 Å². The normalized spacial score (nSPS) is 22.1. The summed E-state index contributed by atoms with van der Waals surface area (Å²) in [4.78, 5) is 29.4. The van der Waals surface area contributed by atoms with Gasteiger partial charge in [0.1, 0.15) is 17.3 Å². The predicted molar refractivity (Wildman–Crippen MR) is 126 cm³/mol. The van der Waals surface area contributed by atoms with Gasteiger partial charge in [-0.3, -0.25) is 19.7 Å². The molecule has 190 valence electrons. The maximum absolute atomic E-state index is 15.8. The van der Waals surface area contributed by atoms with E-state index in [1.807, 2.05) is 6.07 Å². The minimum absolute atomic E-state index is 0.0977. The zero-order chi connectivity index (χ0) is 25.9. The van der Waals surface area contributed by atoms with Crippen molar-refractivity contribution in [2.24, 2.45) is 5.73 Å². The van der Waals surface area contributed by atoms with Gasteiger partial charge in [0.2, 0.25) is 5.95 Å². The highest BCUT2D eigenvalue weighted by Crippen LogP contribution is 2.37. The van der Waals surface area contributed by atoms with Crippen molar-refractivity contribution in [2.75, 3.05) is 25.5 Å². The Morgan fingerprint density at radius 2 is 2.22 bits per heavy atom. The third-order valence-electron chi connectivity index (χ3n) is 6.78. The second-order valence-corrected chi connectivity index (χ2v) is 8.98. The quantitative estimate of drug-likeness (QED) is 0.558. The Morgan fingerprint density at radius 1 is 1.42 bits per heavy atom. The Balaban J connectivity index is 1.54. The van der Waals surface area contributed by atoms with Crippen molar-refractivity contribution in [3.63, 3.8) is 0 Å². The molecular formula is C24H27F2N7O3. The number of likely N-dealkylation sites (tertiary alicyclic amines) is 1. The summed E-state index contributed by atoms with van der Waals surface area (Å²) in [6.07, 6.45) is 3.63. The van der Waals surface area contributed by atoms with Crippen LogP contribution in [0.4, 0.5) is 19.4 Å². The zero-order valence-electron chi connectivity index (χ0n) is 19.8. The molecule has 1 saturated heterocycles. The average Bonchev–Trinajstić information content (AvgIpc) is 3.53. The van der Waals surface area contributed by atoms with Crippen LogP contribution in [-0.4, -0.2) is 58.0 Å². The van der Waals surface area contributed by atoms with Gasteiger partial charge in [-0.1, -0.05) is 12.1 Å². The Labute approximate surface area is 206 Å². The summed E-state index contributed by atoms with van der Waals surface area (Å²) in [6, 6.07) is 5.47. The average molecular weight is 500 g/mol. The molecule has 2 unspecified atom stereocenters. The molecule has 0 radical (unpaired) electrons. The summed E-state index contributed by atoms with van der Waals surface area (Å²) in [5.74, 6) is -1.65. The molecule has 10 nitrogen and oxygen atoms in total. The Kier molecular flexibility index (Phi) is 7.30. The fourth-order valence-corrected chi connectivity index (χ4v) is 4.74.